The van der Waals surface area contributed by atoms with E-state index in [0.717, 1.165) is 51.9 Å². The number of rotatable bonds is 8. The lowest BCUT2D eigenvalue weighted by Gasteiger charge is -2.29. The summed E-state index contributed by atoms with van der Waals surface area (Å²) in [6, 6.07) is 0.139. The van der Waals surface area contributed by atoms with Crippen LogP contribution in [0, 0.1) is 0 Å². The Kier molecular flexibility index (Phi) is 7.14. The second kappa shape index (κ2) is 8.09. The average Bonchev–Trinajstić information content (AvgIpc) is 2.31. The van der Waals surface area contributed by atoms with Crippen molar-refractivity contribution in [2.45, 2.75) is 38.6 Å². The molecule has 1 aliphatic rings. The Morgan fingerprint density at radius 2 is 1.89 bits per heavy atom. The van der Waals surface area contributed by atoms with Crippen molar-refractivity contribution in [3.8, 4) is 0 Å². The molecule has 5 nitrogen and oxygen atoms in total. The Morgan fingerprint density at radius 3 is 2.50 bits per heavy atom. The van der Waals surface area contributed by atoms with E-state index >= 15 is 0 Å². The molecule has 6 heteroatoms. The van der Waals surface area contributed by atoms with Gasteiger partial charge in [-0.1, -0.05) is 6.92 Å². The molecule has 0 amide bonds. The first-order valence-corrected chi connectivity index (χ1v) is 8.58. The molecule has 1 fully saturated rings. The minimum atomic E-state index is -3.08. The van der Waals surface area contributed by atoms with Crippen LogP contribution in [0.3, 0.4) is 0 Å². The standard InChI is InChI=1S/C12H27N3O2S/c1-3-13-8-4-5-11-18(16,17)14-12-6-9-15(2)10-7-12/h12-14H,3-11H2,1-2H3. The van der Waals surface area contributed by atoms with Gasteiger partial charge in [0.15, 0.2) is 0 Å². The fourth-order valence-corrected chi connectivity index (χ4v) is 3.60. The smallest absolute Gasteiger partial charge is 0.211 e. The van der Waals surface area contributed by atoms with Gasteiger partial charge in [-0.25, -0.2) is 13.1 Å². The lowest BCUT2D eigenvalue weighted by molar-refractivity contribution is 0.248. The lowest BCUT2D eigenvalue weighted by Crippen LogP contribution is -2.44. The predicted molar refractivity (Wildman–Crippen MR) is 75.2 cm³/mol. The fourth-order valence-electron chi connectivity index (χ4n) is 2.16. The third-order valence-corrected chi connectivity index (χ3v) is 4.85. The first kappa shape index (κ1) is 15.9. The third-order valence-electron chi connectivity index (χ3n) is 3.33. The quantitative estimate of drug-likeness (QED) is 0.630. The molecular weight excluding hydrogens is 250 g/mol. The fraction of sp³-hybridized carbons (Fsp3) is 1.00. The first-order chi connectivity index (χ1) is 8.53. The molecule has 0 radical (unpaired) electrons. The van der Waals surface area contributed by atoms with Gasteiger partial charge in [0.1, 0.15) is 0 Å². The van der Waals surface area contributed by atoms with Crippen molar-refractivity contribution >= 4 is 10.0 Å². The third kappa shape index (κ3) is 6.68. The van der Waals surface area contributed by atoms with E-state index in [1.807, 2.05) is 0 Å². The molecule has 18 heavy (non-hydrogen) atoms. The number of nitrogens with one attached hydrogen (secondary N) is 2. The van der Waals surface area contributed by atoms with Gasteiger partial charge in [-0.2, -0.15) is 0 Å². The Bertz CT molecular complexity index is 311. The van der Waals surface area contributed by atoms with Crippen molar-refractivity contribution in [1.82, 2.24) is 14.9 Å². The van der Waals surface area contributed by atoms with Crippen LogP contribution in [-0.4, -0.2) is 58.3 Å². The molecule has 0 aliphatic carbocycles. The van der Waals surface area contributed by atoms with Gasteiger partial charge >= 0.3 is 0 Å². The van der Waals surface area contributed by atoms with Crippen molar-refractivity contribution in [2.75, 3.05) is 39.0 Å². The van der Waals surface area contributed by atoms with E-state index in [1.54, 1.807) is 0 Å². The lowest BCUT2D eigenvalue weighted by atomic mass is 10.1. The van der Waals surface area contributed by atoms with Crippen LogP contribution in [0.2, 0.25) is 0 Å². The predicted octanol–water partition coefficient (Wildman–Crippen LogP) is 0.390. The highest BCUT2D eigenvalue weighted by molar-refractivity contribution is 7.89. The maximum Gasteiger partial charge on any atom is 0.211 e. The number of unbranched alkanes of at least 4 members (excludes halogenated alkanes) is 1. The monoisotopic (exact) mass is 277 g/mol. The second-order valence-corrected chi connectivity index (χ2v) is 6.95. The van der Waals surface area contributed by atoms with Crippen LogP contribution in [0.1, 0.15) is 32.6 Å². The van der Waals surface area contributed by atoms with E-state index in [1.165, 1.54) is 0 Å². The van der Waals surface area contributed by atoms with Crippen molar-refractivity contribution in [3.63, 3.8) is 0 Å². The Balaban J connectivity index is 2.18. The van der Waals surface area contributed by atoms with Gasteiger partial charge in [-0.15, -0.1) is 0 Å². The molecule has 1 heterocycles. The molecule has 2 N–H and O–H groups in total. The van der Waals surface area contributed by atoms with Crippen molar-refractivity contribution in [1.29, 1.82) is 0 Å². The highest BCUT2D eigenvalue weighted by Crippen LogP contribution is 2.09. The zero-order chi connectivity index (χ0) is 13.4. The minimum absolute atomic E-state index is 0.139. The molecule has 1 rings (SSSR count). The number of piperidine rings is 1. The highest BCUT2D eigenvalue weighted by Gasteiger charge is 2.21. The summed E-state index contributed by atoms with van der Waals surface area (Å²) in [4.78, 5) is 2.24. The Morgan fingerprint density at radius 1 is 1.22 bits per heavy atom. The summed E-state index contributed by atoms with van der Waals surface area (Å²) in [5.41, 5.74) is 0. The molecule has 108 valence electrons. The van der Waals surface area contributed by atoms with Crippen molar-refractivity contribution < 1.29 is 8.42 Å². The summed E-state index contributed by atoms with van der Waals surface area (Å²) < 4.78 is 26.6. The molecule has 1 saturated heterocycles. The molecule has 0 aromatic heterocycles. The number of hydrogen-bond acceptors (Lipinski definition) is 4. The SMILES string of the molecule is CCNCCCCS(=O)(=O)NC1CCN(C)CC1. The molecule has 0 bridgehead atoms. The topological polar surface area (TPSA) is 61.4 Å². The summed E-state index contributed by atoms with van der Waals surface area (Å²) in [5, 5.41) is 3.20. The van der Waals surface area contributed by atoms with E-state index in [4.69, 9.17) is 0 Å². The zero-order valence-corrected chi connectivity index (χ0v) is 12.4. The van der Waals surface area contributed by atoms with E-state index in [2.05, 4.69) is 28.9 Å². The molecule has 1 aliphatic heterocycles. The van der Waals surface area contributed by atoms with Crippen LogP contribution in [0.5, 0.6) is 0 Å². The van der Waals surface area contributed by atoms with Gasteiger partial charge in [-0.3, -0.25) is 0 Å². The second-order valence-electron chi connectivity index (χ2n) is 5.07. The average molecular weight is 277 g/mol. The molecule has 0 atom stereocenters. The summed E-state index contributed by atoms with van der Waals surface area (Å²) in [7, 11) is -1.01. The normalized spacial score (nSPS) is 19.2. The Hall–Kier alpha value is -0.170. The van der Waals surface area contributed by atoms with Crippen LogP contribution < -0.4 is 10.0 Å². The maximum absolute atomic E-state index is 11.9. The summed E-state index contributed by atoms with van der Waals surface area (Å²) >= 11 is 0. The molecule has 0 spiro atoms. The molecule has 0 saturated carbocycles. The zero-order valence-electron chi connectivity index (χ0n) is 11.6. The number of nitrogens with zero attached hydrogens (tertiary/aromatic N) is 1. The number of likely N-dealkylation sites (tertiary alicyclic amines) is 1. The Labute approximate surface area is 111 Å². The summed E-state index contributed by atoms with van der Waals surface area (Å²) in [6.07, 6.45) is 3.50. The van der Waals surface area contributed by atoms with E-state index in [-0.39, 0.29) is 11.8 Å². The van der Waals surface area contributed by atoms with Gasteiger partial charge < -0.3 is 10.2 Å². The maximum atomic E-state index is 11.9. The summed E-state index contributed by atoms with van der Waals surface area (Å²) in [6.45, 7) is 5.86. The van der Waals surface area contributed by atoms with Gasteiger partial charge in [0, 0.05) is 6.04 Å². The molecule has 0 aromatic carbocycles. The van der Waals surface area contributed by atoms with Gasteiger partial charge in [0.05, 0.1) is 5.75 Å². The van der Waals surface area contributed by atoms with E-state index in [9.17, 15) is 8.42 Å². The van der Waals surface area contributed by atoms with Gasteiger partial charge in [-0.05, 0) is 58.9 Å². The van der Waals surface area contributed by atoms with Crippen LogP contribution in [0.4, 0.5) is 0 Å². The number of hydrogen-bond donors (Lipinski definition) is 2. The molecule has 0 aromatic rings. The van der Waals surface area contributed by atoms with E-state index < -0.39 is 10.0 Å². The largest absolute Gasteiger partial charge is 0.317 e. The van der Waals surface area contributed by atoms with E-state index in [0.29, 0.717) is 0 Å². The van der Waals surface area contributed by atoms with Gasteiger partial charge in [0.2, 0.25) is 10.0 Å². The van der Waals surface area contributed by atoms with Crippen LogP contribution in [0.15, 0.2) is 0 Å². The first-order valence-electron chi connectivity index (χ1n) is 6.93. The van der Waals surface area contributed by atoms with Gasteiger partial charge in [0.25, 0.3) is 0 Å². The molecular formula is C12H27N3O2S. The minimum Gasteiger partial charge on any atom is -0.317 e. The number of sulfonamides is 1. The summed E-state index contributed by atoms with van der Waals surface area (Å²) in [5.74, 6) is 0.255. The highest BCUT2D eigenvalue weighted by atomic mass is 32.2. The van der Waals surface area contributed by atoms with Crippen LogP contribution in [0.25, 0.3) is 0 Å². The van der Waals surface area contributed by atoms with Crippen molar-refractivity contribution in [2.24, 2.45) is 0 Å². The van der Waals surface area contributed by atoms with Crippen LogP contribution in [-0.2, 0) is 10.0 Å². The molecule has 0 unspecified atom stereocenters. The van der Waals surface area contributed by atoms with Crippen LogP contribution >= 0.6 is 0 Å². The van der Waals surface area contributed by atoms with Crippen molar-refractivity contribution in [3.05, 3.63) is 0 Å².